The van der Waals surface area contributed by atoms with Crippen LogP contribution in [-0.2, 0) is 0 Å². The molecule has 1 heterocycles. The SMILES string of the molecule is Cc1ccc(C(C)NC(C)c2cccc3ccccc23)s1. The molecule has 2 unspecified atom stereocenters. The van der Waals surface area contributed by atoms with Crippen molar-refractivity contribution >= 4 is 22.1 Å². The minimum Gasteiger partial charge on any atom is -0.303 e. The Morgan fingerprint density at radius 2 is 1.62 bits per heavy atom. The Bertz CT molecular complexity index is 739. The maximum absolute atomic E-state index is 3.73. The Labute approximate surface area is 130 Å². The Morgan fingerprint density at radius 3 is 2.38 bits per heavy atom. The molecule has 1 N–H and O–H groups in total. The second-order valence-electron chi connectivity index (χ2n) is 5.63. The van der Waals surface area contributed by atoms with Gasteiger partial charge in [-0.1, -0.05) is 42.5 Å². The van der Waals surface area contributed by atoms with Crippen molar-refractivity contribution < 1.29 is 0 Å². The normalized spacial score (nSPS) is 14.2. The molecule has 1 nitrogen and oxygen atoms in total. The average Bonchev–Trinajstić information content (AvgIpc) is 2.93. The van der Waals surface area contributed by atoms with Crippen LogP contribution in [0, 0.1) is 6.92 Å². The highest BCUT2D eigenvalue weighted by Crippen LogP contribution is 2.28. The van der Waals surface area contributed by atoms with Crippen LogP contribution >= 0.6 is 11.3 Å². The van der Waals surface area contributed by atoms with Crippen LogP contribution in [0.2, 0.25) is 0 Å². The predicted molar refractivity (Wildman–Crippen MR) is 93.0 cm³/mol. The predicted octanol–water partition coefficient (Wildman–Crippen LogP) is 5.62. The summed E-state index contributed by atoms with van der Waals surface area (Å²) in [6, 6.07) is 20.3. The van der Waals surface area contributed by atoms with Gasteiger partial charge in [-0.15, -0.1) is 11.3 Å². The standard InChI is InChI=1S/C19H21NS/c1-13-11-12-19(21-13)15(3)20-14(2)17-10-6-8-16-7-4-5-9-18(16)17/h4-12,14-15,20H,1-3H3. The summed E-state index contributed by atoms with van der Waals surface area (Å²) in [6.45, 7) is 6.65. The first-order valence-corrected chi connectivity index (χ1v) is 8.27. The molecule has 0 aliphatic heterocycles. The van der Waals surface area contributed by atoms with Gasteiger partial charge in [0.1, 0.15) is 0 Å². The lowest BCUT2D eigenvalue weighted by Crippen LogP contribution is -2.22. The van der Waals surface area contributed by atoms with E-state index in [9.17, 15) is 0 Å². The van der Waals surface area contributed by atoms with Gasteiger partial charge >= 0.3 is 0 Å². The minimum atomic E-state index is 0.327. The van der Waals surface area contributed by atoms with Crippen LogP contribution in [0.5, 0.6) is 0 Å². The van der Waals surface area contributed by atoms with Gasteiger partial charge in [0.05, 0.1) is 0 Å². The van der Waals surface area contributed by atoms with Crippen LogP contribution in [-0.4, -0.2) is 0 Å². The van der Waals surface area contributed by atoms with Crippen LogP contribution in [0.25, 0.3) is 10.8 Å². The number of hydrogen-bond donors (Lipinski definition) is 1. The zero-order valence-electron chi connectivity index (χ0n) is 12.8. The minimum absolute atomic E-state index is 0.327. The number of aryl methyl sites for hydroxylation is 1. The second kappa shape index (κ2) is 6.00. The first kappa shape index (κ1) is 14.3. The third-order valence-electron chi connectivity index (χ3n) is 3.98. The number of rotatable bonds is 4. The van der Waals surface area contributed by atoms with Crippen LogP contribution in [0.3, 0.4) is 0 Å². The van der Waals surface area contributed by atoms with Crippen LogP contribution in [0.15, 0.2) is 54.6 Å². The van der Waals surface area contributed by atoms with Crippen LogP contribution < -0.4 is 5.32 Å². The van der Waals surface area contributed by atoms with E-state index in [0.29, 0.717) is 12.1 Å². The summed E-state index contributed by atoms with van der Waals surface area (Å²) in [5.41, 5.74) is 1.37. The van der Waals surface area contributed by atoms with E-state index < -0.39 is 0 Å². The third kappa shape index (κ3) is 3.02. The van der Waals surface area contributed by atoms with E-state index in [1.165, 1.54) is 26.1 Å². The van der Waals surface area contributed by atoms with Crippen molar-refractivity contribution in [3.05, 3.63) is 69.9 Å². The lowest BCUT2D eigenvalue weighted by molar-refractivity contribution is 0.502. The Morgan fingerprint density at radius 1 is 0.857 bits per heavy atom. The molecule has 0 spiro atoms. The van der Waals surface area contributed by atoms with Crippen molar-refractivity contribution in [2.45, 2.75) is 32.9 Å². The van der Waals surface area contributed by atoms with E-state index in [-0.39, 0.29) is 0 Å². The average molecular weight is 295 g/mol. The molecule has 2 atom stereocenters. The first-order valence-electron chi connectivity index (χ1n) is 7.45. The molecule has 0 aliphatic rings. The number of fused-ring (bicyclic) bond motifs is 1. The first-order chi connectivity index (χ1) is 10.1. The Balaban J connectivity index is 1.85. The molecule has 0 bridgehead atoms. The number of hydrogen-bond acceptors (Lipinski definition) is 2. The van der Waals surface area contributed by atoms with Gasteiger partial charge in [0, 0.05) is 21.8 Å². The summed E-state index contributed by atoms with van der Waals surface area (Å²) in [4.78, 5) is 2.77. The maximum atomic E-state index is 3.73. The zero-order chi connectivity index (χ0) is 14.8. The Hall–Kier alpha value is -1.64. The van der Waals surface area contributed by atoms with Gasteiger partial charge in [0.2, 0.25) is 0 Å². The molecule has 3 rings (SSSR count). The van der Waals surface area contributed by atoms with Gasteiger partial charge in [-0.3, -0.25) is 0 Å². The van der Waals surface area contributed by atoms with E-state index in [4.69, 9.17) is 0 Å². The van der Waals surface area contributed by atoms with E-state index in [1.807, 2.05) is 11.3 Å². The van der Waals surface area contributed by atoms with Gasteiger partial charge in [0.15, 0.2) is 0 Å². The van der Waals surface area contributed by atoms with E-state index in [2.05, 4.69) is 80.7 Å². The smallest absolute Gasteiger partial charge is 0.0391 e. The number of benzene rings is 2. The summed E-state index contributed by atoms with van der Waals surface area (Å²) in [5.74, 6) is 0. The van der Waals surface area contributed by atoms with E-state index in [0.717, 1.165) is 0 Å². The van der Waals surface area contributed by atoms with Crippen molar-refractivity contribution in [3.63, 3.8) is 0 Å². The fourth-order valence-electron chi connectivity index (χ4n) is 2.86. The van der Waals surface area contributed by atoms with Crippen molar-refractivity contribution in [3.8, 4) is 0 Å². The van der Waals surface area contributed by atoms with Gasteiger partial charge in [-0.05, 0) is 49.2 Å². The fraction of sp³-hybridized carbons (Fsp3) is 0.263. The molecule has 0 fully saturated rings. The maximum Gasteiger partial charge on any atom is 0.0391 e. The van der Waals surface area contributed by atoms with Crippen molar-refractivity contribution in [1.82, 2.24) is 5.32 Å². The van der Waals surface area contributed by atoms with Gasteiger partial charge in [-0.25, -0.2) is 0 Å². The molecule has 0 amide bonds. The van der Waals surface area contributed by atoms with Crippen LogP contribution in [0.4, 0.5) is 0 Å². The molecular formula is C19H21NS. The lowest BCUT2D eigenvalue weighted by atomic mass is 9.99. The highest BCUT2D eigenvalue weighted by atomic mass is 32.1. The summed E-state index contributed by atoms with van der Waals surface area (Å²) in [7, 11) is 0. The highest BCUT2D eigenvalue weighted by molar-refractivity contribution is 7.12. The topological polar surface area (TPSA) is 12.0 Å². The molecule has 2 heteroatoms. The van der Waals surface area contributed by atoms with Crippen molar-refractivity contribution in [1.29, 1.82) is 0 Å². The molecule has 0 radical (unpaired) electrons. The highest BCUT2D eigenvalue weighted by Gasteiger charge is 2.14. The third-order valence-corrected chi connectivity index (χ3v) is 5.16. The molecule has 3 aromatic rings. The Kier molecular flexibility index (Phi) is 4.09. The van der Waals surface area contributed by atoms with Crippen LogP contribution in [0.1, 0.15) is 41.2 Å². The van der Waals surface area contributed by atoms with Crippen molar-refractivity contribution in [2.24, 2.45) is 0 Å². The van der Waals surface area contributed by atoms with E-state index in [1.54, 1.807) is 0 Å². The summed E-state index contributed by atoms with van der Waals surface area (Å²) in [5, 5.41) is 6.38. The molecule has 21 heavy (non-hydrogen) atoms. The summed E-state index contributed by atoms with van der Waals surface area (Å²) in [6.07, 6.45) is 0. The monoisotopic (exact) mass is 295 g/mol. The molecule has 0 saturated heterocycles. The number of nitrogens with one attached hydrogen (secondary N) is 1. The van der Waals surface area contributed by atoms with Crippen molar-refractivity contribution in [2.75, 3.05) is 0 Å². The van der Waals surface area contributed by atoms with Gasteiger partial charge in [0.25, 0.3) is 0 Å². The fourth-order valence-corrected chi connectivity index (χ4v) is 3.75. The lowest BCUT2D eigenvalue weighted by Gasteiger charge is -2.21. The molecule has 0 aliphatic carbocycles. The molecule has 108 valence electrons. The van der Waals surface area contributed by atoms with E-state index >= 15 is 0 Å². The largest absolute Gasteiger partial charge is 0.303 e. The van der Waals surface area contributed by atoms with Gasteiger partial charge in [-0.2, -0.15) is 0 Å². The molecule has 1 aromatic heterocycles. The summed E-state index contributed by atoms with van der Waals surface area (Å²) >= 11 is 1.87. The summed E-state index contributed by atoms with van der Waals surface area (Å²) < 4.78 is 0. The molecule has 2 aromatic carbocycles. The molecular weight excluding hydrogens is 274 g/mol. The zero-order valence-corrected chi connectivity index (χ0v) is 13.6. The quantitative estimate of drug-likeness (QED) is 0.658. The van der Waals surface area contributed by atoms with Gasteiger partial charge < -0.3 is 5.32 Å². The second-order valence-corrected chi connectivity index (χ2v) is 6.95. The number of thiophene rings is 1. The molecule has 0 saturated carbocycles.